The number of amides is 1. The summed E-state index contributed by atoms with van der Waals surface area (Å²) in [4.78, 5) is 15.3. The number of methoxy groups -OCH3 is 1. The molecule has 0 saturated carbocycles. The molecule has 0 fully saturated rings. The lowest BCUT2D eigenvalue weighted by Crippen LogP contribution is -2.40. The fourth-order valence-corrected chi connectivity index (χ4v) is 1.22. The normalized spacial score (nSPS) is 12.5. The van der Waals surface area contributed by atoms with Crippen molar-refractivity contribution in [2.24, 2.45) is 10.7 Å². The summed E-state index contributed by atoms with van der Waals surface area (Å²) in [5.74, 6) is 0.353. The SMILES string of the molecule is CCCNC(=O)CCN=C(N)NC(C)COC.I. The summed E-state index contributed by atoms with van der Waals surface area (Å²) in [6.07, 6.45) is 1.30. The van der Waals surface area contributed by atoms with Crippen LogP contribution >= 0.6 is 24.0 Å². The van der Waals surface area contributed by atoms with Crippen molar-refractivity contribution in [2.75, 3.05) is 26.8 Å². The van der Waals surface area contributed by atoms with Gasteiger partial charge in [-0.25, -0.2) is 0 Å². The molecule has 0 aliphatic heterocycles. The topological polar surface area (TPSA) is 88.7 Å². The lowest BCUT2D eigenvalue weighted by molar-refractivity contribution is -0.120. The summed E-state index contributed by atoms with van der Waals surface area (Å²) >= 11 is 0. The first-order chi connectivity index (χ1) is 8.10. The van der Waals surface area contributed by atoms with Gasteiger partial charge in [-0.1, -0.05) is 6.92 Å². The summed E-state index contributed by atoms with van der Waals surface area (Å²) < 4.78 is 4.95. The van der Waals surface area contributed by atoms with Crippen LogP contribution in [0, 0.1) is 0 Å². The predicted molar refractivity (Wildman–Crippen MR) is 84.3 cm³/mol. The molecule has 1 atom stereocenters. The largest absolute Gasteiger partial charge is 0.383 e. The monoisotopic (exact) mass is 372 g/mol. The summed E-state index contributed by atoms with van der Waals surface area (Å²) in [5, 5.41) is 5.75. The van der Waals surface area contributed by atoms with Gasteiger partial charge in [-0.15, -0.1) is 24.0 Å². The molecule has 1 amide bonds. The second-order valence-corrected chi connectivity index (χ2v) is 3.87. The lowest BCUT2D eigenvalue weighted by Gasteiger charge is -2.12. The van der Waals surface area contributed by atoms with Gasteiger partial charge in [0.25, 0.3) is 0 Å². The molecule has 0 aliphatic carbocycles. The Morgan fingerprint density at radius 3 is 2.72 bits per heavy atom. The number of hydrogen-bond acceptors (Lipinski definition) is 3. The van der Waals surface area contributed by atoms with Crippen LogP contribution in [0.3, 0.4) is 0 Å². The molecule has 6 nitrogen and oxygen atoms in total. The fourth-order valence-electron chi connectivity index (χ4n) is 1.22. The number of carbonyl (C=O) groups excluding carboxylic acids is 1. The van der Waals surface area contributed by atoms with E-state index in [1.165, 1.54) is 0 Å². The fraction of sp³-hybridized carbons (Fsp3) is 0.818. The molecule has 4 N–H and O–H groups in total. The van der Waals surface area contributed by atoms with Crippen molar-refractivity contribution in [2.45, 2.75) is 32.7 Å². The number of nitrogens with two attached hydrogens (primary N) is 1. The molecule has 0 rings (SSSR count). The Morgan fingerprint density at radius 2 is 2.17 bits per heavy atom. The molecule has 108 valence electrons. The van der Waals surface area contributed by atoms with Crippen molar-refractivity contribution < 1.29 is 9.53 Å². The maximum Gasteiger partial charge on any atom is 0.221 e. The standard InChI is InChI=1S/C11H24N4O2.HI/c1-4-6-13-10(16)5-7-14-11(12)15-9(2)8-17-3;/h9H,4-8H2,1-3H3,(H,13,16)(H3,12,14,15);1H. The molecule has 0 aromatic carbocycles. The van der Waals surface area contributed by atoms with E-state index in [0.29, 0.717) is 32.1 Å². The van der Waals surface area contributed by atoms with Gasteiger partial charge >= 0.3 is 0 Å². The summed E-state index contributed by atoms with van der Waals surface area (Å²) in [6, 6.07) is 0.109. The van der Waals surface area contributed by atoms with Gasteiger partial charge in [0, 0.05) is 26.1 Å². The summed E-state index contributed by atoms with van der Waals surface area (Å²) in [5.41, 5.74) is 5.64. The molecule has 1 unspecified atom stereocenters. The third kappa shape index (κ3) is 11.9. The van der Waals surface area contributed by atoms with E-state index < -0.39 is 0 Å². The minimum absolute atomic E-state index is 0. The van der Waals surface area contributed by atoms with E-state index in [0.717, 1.165) is 6.42 Å². The first-order valence-electron chi connectivity index (χ1n) is 5.92. The molecule has 0 radical (unpaired) electrons. The van der Waals surface area contributed by atoms with Crippen LogP contribution in [-0.4, -0.2) is 44.7 Å². The zero-order valence-electron chi connectivity index (χ0n) is 11.4. The van der Waals surface area contributed by atoms with Crippen LogP contribution in [0.15, 0.2) is 4.99 Å². The van der Waals surface area contributed by atoms with Crippen molar-refractivity contribution >= 4 is 35.8 Å². The molecule has 0 saturated heterocycles. The maximum absolute atomic E-state index is 11.2. The number of aliphatic imine (C=N–C) groups is 1. The Balaban J connectivity index is 0. The van der Waals surface area contributed by atoms with Crippen LogP contribution in [-0.2, 0) is 9.53 Å². The molecule has 18 heavy (non-hydrogen) atoms. The van der Waals surface area contributed by atoms with Gasteiger partial charge in [-0.2, -0.15) is 0 Å². The van der Waals surface area contributed by atoms with Crippen molar-refractivity contribution in [3.8, 4) is 0 Å². The minimum atomic E-state index is 0. The van der Waals surface area contributed by atoms with Crippen molar-refractivity contribution in [1.82, 2.24) is 10.6 Å². The molecule has 0 spiro atoms. The first-order valence-corrected chi connectivity index (χ1v) is 5.92. The van der Waals surface area contributed by atoms with Crippen LogP contribution in [0.4, 0.5) is 0 Å². The molecule has 0 bridgehead atoms. The smallest absolute Gasteiger partial charge is 0.221 e. The number of ether oxygens (including phenoxy) is 1. The van der Waals surface area contributed by atoms with E-state index in [1.807, 2.05) is 13.8 Å². The number of nitrogens with one attached hydrogen (secondary N) is 2. The minimum Gasteiger partial charge on any atom is -0.383 e. The van der Waals surface area contributed by atoms with Crippen LogP contribution in [0.25, 0.3) is 0 Å². The van der Waals surface area contributed by atoms with Crippen LogP contribution in [0.1, 0.15) is 26.7 Å². The predicted octanol–water partition coefficient (Wildman–Crippen LogP) is 0.460. The average Bonchev–Trinajstić information content (AvgIpc) is 2.26. The molecule has 7 heteroatoms. The Morgan fingerprint density at radius 1 is 1.50 bits per heavy atom. The zero-order chi connectivity index (χ0) is 13.1. The van der Waals surface area contributed by atoms with Gasteiger partial charge in [-0.3, -0.25) is 9.79 Å². The van der Waals surface area contributed by atoms with Gasteiger partial charge in [0.2, 0.25) is 5.91 Å². The number of nitrogens with zero attached hydrogens (tertiary/aromatic N) is 1. The van der Waals surface area contributed by atoms with E-state index in [9.17, 15) is 4.79 Å². The average molecular weight is 372 g/mol. The molecular formula is C11H25IN4O2. The highest BCUT2D eigenvalue weighted by atomic mass is 127. The molecule has 0 aliphatic rings. The highest BCUT2D eigenvalue weighted by Crippen LogP contribution is 1.85. The Kier molecular flexibility index (Phi) is 14.1. The number of rotatable bonds is 8. The second-order valence-electron chi connectivity index (χ2n) is 3.87. The van der Waals surface area contributed by atoms with Gasteiger partial charge < -0.3 is 21.1 Å². The number of carbonyl (C=O) groups is 1. The maximum atomic E-state index is 11.2. The lowest BCUT2D eigenvalue weighted by atomic mass is 10.3. The number of guanidine groups is 1. The van der Waals surface area contributed by atoms with E-state index in [-0.39, 0.29) is 35.9 Å². The van der Waals surface area contributed by atoms with Gasteiger partial charge in [0.15, 0.2) is 5.96 Å². The van der Waals surface area contributed by atoms with Gasteiger partial charge in [-0.05, 0) is 13.3 Å². The molecule has 0 aromatic rings. The van der Waals surface area contributed by atoms with E-state index >= 15 is 0 Å². The highest BCUT2D eigenvalue weighted by Gasteiger charge is 2.02. The van der Waals surface area contributed by atoms with Crippen molar-refractivity contribution in [1.29, 1.82) is 0 Å². The third-order valence-electron chi connectivity index (χ3n) is 2.00. The molecule has 0 aromatic heterocycles. The quantitative estimate of drug-likeness (QED) is 0.328. The summed E-state index contributed by atoms with van der Waals surface area (Å²) in [6.45, 7) is 5.62. The van der Waals surface area contributed by atoms with Crippen molar-refractivity contribution in [3.63, 3.8) is 0 Å². The van der Waals surface area contributed by atoms with Gasteiger partial charge in [0.05, 0.1) is 13.2 Å². The van der Waals surface area contributed by atoms with E-state index in [4.69, 9.17) is 10.5 Å². The second kappa shape index (κ2) is 12.9. The molecule has 0 heterocycles. The van der Waals surface area contributed by atoms with Crippen LogP contribution in [0.2, 0.25) is 0 Å². The molecular weight excluding hydrogens is 347 g/mol. The van der Waals surface area contributed by atoms with E-state index in [1.54, 1.807) is 7.11 Å². The Labute approximate surface area is 126 Å². The number of halogens is 1. The third-order valence-corrected chi connectivity index (χ3v) is 2.00. The van der Waals surface area contributed by atoms with Crippen LogP contribution < -0.4 is 16.4 Å². The first kappa shape index (κ1) is 19.8. The van der Waals surface area contributed by atoms with Crippen molar-refractivity contribution in [3.05, 3.63) is 0 Å². The van der Waals surface area contributed by atoms with Gasteiger partial charge in [0.1, 0.15) is 0 Å². The highest BCUT2D eigenvalue weighted by molar-refractivity contribution is 14.0. The van der Waals surface area contributed by atoms with Crippen LogP contribution in [0.5, 0.6) is 0 Å². The Bertz CT molecular complexity index is 249. The zero-order valence-corrected chi connectivity index (χ0v) is 13.7. The Hall–Kier alpha value is -0.570. The number of hydrogen-bond donors (Lipinski definition) is 3. The van der Waals surface area contributed by atoms with E-state index in [2.05, 4.69) is 15.6 Å². The summed E-state index contributed by atoms with van der Waals surface area (Å²) in [7, 11) is 1.63.